The van der Waals surface area contributed by atoms with E-state index in [4.69, 9.17) is 11.1 Å². The van der Waals surface area contributed by atoms with Crippen molar-refractivity contribution in [2.45, 2.75) is 0 Å². The summed E-state index contributed by atoms with van der Waals surface area (Å²) in [5.74, 6) is 0. The largest absolute Gasteiger partial charge is 0.181 e. The highest BCUT2D eigenvalue weighted by Crippen LogP contribution is 1.57. The molecule has 0 atom stereocenters. The third-order valence-electron chi connectivity index (χ3n) is 0.487. The average Bonchev–Trinajstić information content (AvgIpc) is 1.41. The molecule has 0 aromatic rings. The molecule has 0 radical (unpaired) electrons. The molecule has 0 amide bonds. The van der Waals surface area contributed by atoms with E-state index in [1.54, 1.807) is 9.76 Å². The summed E-state index contributed by atoms with van der Waals surface area (Å²) in [6.07, 6.45) is 0. The maximum Gasteiger partial charge on any atom is 0.106 e. The van der Waals surface area contributed by atoms with Crippen LogP contribution in [0.5, 0.6) is 0 Å². The topological polar surface area (TPSA) is 0 Å². The number of rotatable bonds is 2. The molecule has 0 saturated carbocycles. The van der Waals surface area contributed by atoms with Gasteiger partial charge in [0.25, 0.3) is 0 Å². The van der Waals surface area contributed by atoms with Crippen LogP contribution in [0.3, 0.4) is 0 Å². The molecule has 0 bridgehead atoms. The first kappa shape index (κ1) is 6.16. The second-order valence-corrected chi connectivity index (χ2v) is 28.1. The molecule has 5 heteroatoms. The fraction of sp³-hybridized carbons (Fsp3) is 0. The maximum absolute atomic E-state index is 5.56. The summed E-state index contributed by atoms with van der Waals surface area (Å²) < 4.78 is 0. The molecule has 0 aromatic heterocycles. The Morgan fingerprint density at radius 3 is 2.20 bits per heavy atom. The molecule has 0 fully saturated rings. The van der Waals surface area contributed by atoms with Gasteiger partial charge in [0.05, 0.1) is 0 Å². The van der Waals surface area contributed by atoms with Crippen LogP contribution >= 0.6 is 11.1 Å². The smallest absolute Gasteiger partial charge is 0.106 e. The minimum Gasteiger partial charge on any atom is -0.181 e. The normalized spacial score (nSPS) is 16.2. The quantitative estimate of drug-likeness (QED) is 0.292. The van der Waals surface area contributed by atoms with Crippen LogP contribution in [0, 0.1) is 0 Å². The molecule has 32 valence electrons. The van der Waals surface area contributed by atoms with E-state index < -0.39 is 0 Å². The summed E-state index contributed by atoms with van der Waals surface area (Å²) in [5, 5.41) is 0. The Morgan fingerprint density at radius 1 is 1.60 bits per heavy atom. The molecular weight excluding hydrogens is 148 g/mol. The summed E-state index contributed by atoms with van der Waals surface area (Å²) in [5.41, 5.74) is 0. The van der Waals surface area contributed by atoms with Crippen LogP contribution in [-0.2, 0) is 0 Å². The predicted octanol–water partition coefficient (Wildman–Crippen LogP) is -3.24. The van der Waals surface area contributed by atoms with Crippen molar-refractivity contribution in [1.29, 1.82) is 0 Å². The van der Waals surface area contributed by atoms with E-state index in [1.165, 1.54) is 0 Å². The van der Waals surface area contributed by atoms with Gasteiger partial charge >= 0.3 is 0 Å². The van der Waals surface area contributed by atoms with E-state index in [2.05, 4.69) is 0 Å². The van der Waals surface area contributed by atoms with Gasteiger partial charge in [0, 0.05) is 8.55 Å². The van der Waals surface area contributed by atoms with Crippen molar-refractivity contribution in [3.8, 4) is 0 Å². The molecule has 0 spiro atoms. The molecule has 0 heterocycles. The minimum absolute atomic E-state index is 0.122. The highest BCUT2D eigenvalue weighted by molar-refractivity contribution is 7.50. The molecule has 0 aromatic carbocycles. The lowest BCUT2D eigenvalue weighted by molar-refractivity contribution is 4.03. The maximum atomic E-state index is 5.56. The van der Waals surface area contributed by atoms with Crippen LogP contribution in [0.25, 0.3) is 0 Å². The van der Waals surface area contributed by atoms with Crippen LogP contribution in [0.1, 0.15) is 0 Å². The van der Waals surface area contributed by atoms with Crippen LogP contribution in [0.2, 0.25) is 0 Å². The molecule has 0 N–H and O–H groups in total. The third kappa shape index (κ3) is 5.16. The van der Waals surface area contributed by atoms with Gasteiger partial charge in [-0.1, -0.05) is 0 Å². The summed E-state index contributed by atoms with van der Waals surface area (Å²) in [6.45, 7) is 0. The SMILES string of the molecule is [SiH3][SiH2][SiH2][SiH2]Cl. The Hall–Kier alpha value is 1.16. The lowest BCUT2D eigenvalue weighted by atomic mass is 26.5. The van der Waals surface area contributed by atoms with Gasteiger partial charge in [-0.05, 0) is 18.3 Å². The van der Waals surface area contributed by atoms with Gasteiger partial charge in [0.2, 0.25) is 0 Å². The van der Waals surface area contributed by atoms with Gasteiger partial charge in [-0.25, -0.2) is 0 Å². The Kier molecular flexibility index (Phi) is 6.35. The molecule has 0 aliphatic heterocycles. The van der Waals surface area contributed by atoms with Crippen molar-refractivity contribution >= 4 is 46.3 Å². The van der Waals surface area contributed by atoms with Crippen molar-refractivity contribution in [2.75, 3.05) is 0 Å². The van der Waals surface area contributed by atoms with Crippen molar-refractivity contribution in [2.24, 2.45) is 0 Å². The van der Waals surface area contributed by atoms with E-state index >= 15 is 0 Å². The first-order chi connectivity index (χ1) is 2.41. The van der Waals surface area contributed by atoms with Crippen molar-refractivity contribution in [3.05, 3.63) is 0 Å². The Bertz CT molecular complexity index is 11.1. The first-order valence-corrected chi connectivity index (χ1v) is 17.8. The monoisotopic (exact) mass is 156 g/mol. The van der Waals surface area contributed by atoms with Gasteiger partial charge in [-0.15, -0.1) is 0 Å². The van der Waals surface area contributed by atoms with Gasteiger partial charge in [0.15, 0.2) is 0 Å². The zero-order valence-corrected chi connectivity index (χ0v) is 10.5. The zero-order chi connectivity index (χ0) is 4.12. The third-order valence-corrected chi connectivity index (χ3v) is 39.5. The summed E-state index contributed by atoms with van der Waals surface area (Å²) in [6, 6.07) is 0. The van der Waals surface area contributed by atoms with Crippen LogP contribution in [0.15, 0.2) is 0 Å². The van der Waals surface area contributed by atoms with E-state index in [0.29, 0.717) is 17.1 Å². The Balaban J connectivity index is 2.19. The second kappa shape index (κ2) is 5.16. The Morgan fingerprint density at radius 2 is 2.20 bits per heavy atom. The van der Waals surface area contributed by atoms with Crippen molar-refractivity contribution in [1.82, 2.24) is 0 Å². The van der Waals surface area contributed by atoms with E-state index in [9.17, 15) is 0 Å². The molecule has 0 unspecified atom stereocenters. The van der Waals surface area contributed by atoms with Gasteiger partial charge in [-0.2, -0.15) is 11.1 Å². The number of hydrogen-bond donors (Lipinski definition) is 0. The van der Waals surface area contributed by atoms with Crippen LogP contribution < -0.4 is 0 Å². The fourth-order valence-electron chi connectivity index (χ4n) is 0.134. The average molecular weight is 157 g/mol. The van der Waals surface area contributed by atoms with E-state index in [1.807, 2.05) is 0 Å². The summed E-state index contributed by atoms with van der Waals surface area (Å²) in [7, 11) is 2.83. The second-order valence-electron chi connectivity index (χ2n) is 1.04. The van der Waals surface area contributed by atoms with Gasteiger partial charge in [-0.3, -0.25) is 0 Å². The zero-order valence-electron chi connectivity index (χ0n) is 3.50. The molecule has 0 rings (SSSR count). The van der Waals surface area contributed by atoms with E-state index in [-0.39, 0.29) is 8.35 Å². The minimum atomic E-state index is 0.122. The molecule has 0 aliphatic carbocycles. The predicted molar refractivity (Wildman–Crippen MR) is 41.4 cm³/mol. The molecule has 0 saturated heterocycles. The fourth-order valence-corrected chi connectivity index (χ4v) is 32.5. The van der Waals surface area contributed by atoms with E-state index in [0.717, 1.165) is 0 Å². The summed E-state index contributed by atoms with van der Waals surface area (Å²) in [4.78, 5) is 0. The molecule has 5 heavy (non-hydrogen) atoms. The first-order valence-electron chi connectivity index (χ1n) is 1.97. The number of hydrogen-bond acceptors (Lipinski definition) is 0. The van der Waals surface area contributed by atoms with Crippen LogP contribution in [-0.4, -0.2) is 35.2 Å². The van der Waals surface area contributed by atoms with Crippen molar-refractivity contribution in [3.63, 3.8) is 0 Å². The standard InChI is InChI=1S/ClH9Si4/c1-3-5-4-2/h3-5H2,2H3. The van der Waals surface area contributed by atoms with Crippen molar-refractivity contribution < 1.29 is 0 Å². The molecule has 0 nitrogen and oxygen atoms in total. The Labute approximate surface area is 46.6 Å². The molecule has 0 aliphatic rings. The van der Waals surface area contributed by atoms with Gasteiger partial charge in [0.1, 0.15) is 8.35 Å². The van der Waals surface area contributed by atoms with Crippen LogP contribution in [0.4, 0.5) is 0 Å². The van der Waals surface area contributed by atoms with Gasteiger partial charge < -0.3 is 0 Å². The highest BCUT2D eigenvalue weighted by Gasteiger charge is 1.75. The summed E-state index contributed by atoms with van der Waals surface area (Å²) >= 11 is 5.56. The lowest BCUT2D eigenvalue weighted by Gasteiger charge is -1.72. The number of halogens is 1. The molecular formula is H9ClSi4. The lowest BCUT2D eigenvalue weighted by Crippen LogP contribution is -2.06. The highest BCUT2D eigenvalue weighted by atomic mass is 35.6.